The van der Waals surface area contributed by atoms with E-state index in [9.17, 15) is 0 Å². The van der Waals surface area contributed by atoms with Gasteiger partial charge in [-0.3, -0.25) is 11.3 Å². The van der Waals surface area contributed by atoms with E-state index in [2.05, 4.69) is 36.6 Å². The van der Waals surface area contributed by atoms with Crippen LogP contribution in [0.1, 0.15) is 42.9 Å². The van der Waals surface area contributed by atoms with Gasteiger partial charge in [0.05, 0.1) is 11.6 Å². The van der Waals surface area contributed by atoms with E-state index in [4.69, 9.17) is 10.6 Å². The second kappa shape index (κ2) is 5.17. The number of methoxy groups -OCH3 is 1. The number of nitrogens with two attached hydrogens (primary N) is 1. The largest absolute Gasteiger partial charge is 0.376 e. The van der Waals surface area contributed by atoms with Gasteiger partial charge in [-0.2, -0.15) is 0 Å². The second-order valence-corrected chi connectivity index (χ2v) is 4.93. The fourth-order valence-electron chi connectivity index (χ4n) is 3.02. The highest BCUT2D eigenvalue weighted by Crippen LogP contribution is 2.42. The number of ether oxygens (including phenoxy) is 1. The van der Waals surface area contributed by atoms with Gasteiger partial charge < -0.3 is 4.74 Å². The Morgan fingerprint density at radius 2 is 1.94 bits per heavy atom. The molecule has 17 heavy (non-hydrogen) atoms. The van der Waals surface area contributed by atoms with E-state index in [0.717, 1.165) is 12.8 Å². The van der Waals surface area contributed by atoms with Crippen LogP contribution in [-0.2, 0) is 4.74 Å². The van der Waals surface area contributed by atoms with Crippen LogP contribution in [0.3, 0.4) is 0 Å². The Labute approximate surface area is 103 Å². The molecule has 2 rings (SSSR count). The van der Waals surface area contributed by atoms with Gasteiger partial charge in [0.1, 0.15) is 0 Å². The maximum absolute atomic E-state index is 5.82. The van der Waals surface area contributed by atoms with Crippen LogP contribution in [0.15, 0.2) is 24.3 Å². The molecule has 0 bridgehead atoms. The number of hydrazine groups is 1. The summed E-state index contributed by atoms with van der Waals surface area (Å²) >= 11 is 0. The zero-order valence-corrected chi connectivity index (χ0v) is 10.7. The SMILES string of the molecule is COC1(C(NN)c2ccccc2C)CCCC1. The van der Waals surface area contributed by atoms with E-state index in [1.807, 2.05) is 0 Å². The van der Waals surface area contributed by atoms with E-state index in [-0.39, 0.29) is 11.6 Å². The Morgan fingerprint density at radius 3 is 2.47 bits per heavy atom. The van der Waals surface area contributed by atoms with Crippen LogP contribution in [0.5, 0.6) is 0 Å². The minimum Gasteiger partial charge on any atom is -0.376 e. The molecule has 1 aromatic carbocycles. The van der Waals surface area contributed by atoms with Gasteiger partial charge in [0.2, 0.25) is 0 Å². The second-order valence-electron chi connectivity index (χ2n) is 4.93. The van der Waals surface area contributed by atoms with Crippen molar-refractivity contribution in [1.82, 2.24) is 5.43 Å². The zero-order valence-electron chi connectivity index (χ0n) is 10.7. The molecule has 0 heterocycles. The standard InChI is InChI=1S/C14H22N2O/c1-11-7-3-4-8-12(11)13(16-15)14(17-2)9-5-6-10-14/h3-4,7-8,13,16H,5-6,9-10,15H2,1-2H3. The molecule has 1 atom stereocenters. The van der Waals surface area contributed by atoms with Gasteiger partial charge >= 0.3 is 0 Å². The number of hydrogen-bond acceptors (Lipinski definition) is 3. The molecule has 1 fully saturated rings. The summed E-state index contributed by atoms with van der Waals surface area (Å²) in [5.74, 6) is 5.78. The first-order valence-corrected chi connectivity index (χ1v) is 6.30. The lowest BCUT2D eigenvalue weighted by Crippen LogP contribution is -2.46. The minimum absolute atomic E-state index is 0.0798. The van der Waals surface area contributed by atoms with Crippen molar-refractivity contribution in [1.29, 1.82) is 0 Å². The van der Waals surface area contributed by atoms with Crippen LogP contribution < -0.4 is 11.3 Å². The monoisotopic (exact) mass is 234 g/mol. The topological polar surface area (TPSA) is 47.3 Å². The van der Waals surface area contributed by atoms with Crippen LogP contribution in [0, 0.1) is 6.92 Å². The van der Waals surface area contributed by atoms with E-state index >= 15 is 0 Å². The fraction of sp³-hybridized carbons (Fsp3) is 0.571. The quantitative estimate of drug-likeness (QED) is 0.621. The summed E-state index contributed by atoms with van der Waals surface area (Å²) in [6.45, 7) is 2.12. The van der Waals surface area contributed by atoms with Gasteiger partial charge in [-0.05, 0) is 30.9 Å². The molecular weight excluding hydrogens is 212 g/mol. The third-order valence-corrected chi connectivity index (χ3v) is 4.05. The molecule has 1 aromatic rings. The van der Waals surface area contributed by atoms with Crippen LogP contribution in [0.25, 0.3) is 0 Å². The molecular formula is C14H22N2O. The highest BCUT2D eigenvalue weighted by Gasteiger charge is 2.42. The van der Waals surface area contributed by atoms with Gasteiger partial charge in [-0.25, -0.2) is 0 Å². The Morgan fingerprint density at radius 1 is 1.29 bits per heavy atom. The van der Waals surface area contributed by atoms with Gasteiger partial charge in [0, 0.05) is 7.11 Å². The number of hydrogen-bond donors (Lipinski definition) is 2. The minimum atomic E-state index is -0.138. The molecule has 0 radical (unpaired) electrons. The first kappa shape index (κ1) is 12.6. The van der Waals surface area contributed by atoms with Crippen molar-refractivity contribution in [2.45, 2.75) is 44.2 Å². The third-order valence-electron chi connectivity index (χ3n) is 4.05. The summed E-state index contributed by atoms with van der Waals surface area (Å²) in [4.78, 5) is 0. The zero-order chi connectivity index (χ0) is 12.3. The number of benzene rings is 1. The third kappa shape index (κ3) is 2.23. The normalized spacial score (nSPS) is 20.4. The van der Waals surface area contributed by atoms with E-state index in [1.54, 1.807) is 7.11 Å². The first-order chi connectivity index (χ1) is 8.23. The Kier molecular flexibility index (Phi) is 3.82. The van der Waals surface area contributed by atoms with Crippen molar-refractivity contribution < 1.29 is 4.74 Å². The molecule has 1 saturated carbocycles. The number of rotatable bonds is 4. The highest BCUT2D eigenvalue weighted by atomic mass is 16.5. The predicted octanol–water partition coefficient (Wildman–Crippen LogP) is 2.46. The molecule has 1 aliphatic carbocycles. The van der Waals surface area contributed by atoms with Crippen LogP contribution in [-0.4, -0.2) is 12.7 Å². The summed E-state index contributed by atoms with van der Waals surface area (Å²) in [6, 6.07) is 8.46. The summed E-state index contributed by atoms with van der Waals surface area (Å²) in [6.07, 6.45) is 4.59. The molecule has 1 unspecified atom stereocenters. The maximum atomic E-state index is 5.82. The molecule has 0 spiro atoms. The van der Waals surface area contributed by atoms with E-state index in [0.29, 0.717) is 0 Å². The van der Waals surface area contributed by atoms with Gasteiger partial charge in [0.25, 0.3) is 0 Å². The van der Waals surface area contributed by atoms with Crippen molar-refractivity contribution in [3.63, 3.8) is 0 Å². The van der Waals surface area contributed by atoms with Crippen LogP contribution in [0.4, 0.5) is 0 Å². The summed E-state index contributed by atoms with van der Waals surface area (Å²) < 4.78 is 5.82. The number of aryl methyl sites for hydroxylation is 1. The molecule has 1 aliphatic rings. The molecule has 0 saturated heterocycles. The Hall–Kier alpha value is -0.900. The van der Waals surface area contributed by atoms with Crippen molar-refractivity contribution in [3.05, 3.63) is 35.4 Å². The average Bonchev–Trinajstić information content (AvgIpc) is 2.82. The summed E-state index contributed by atoms with van der Waals surface area (Å²) in [7, 11) is 1.80. The predicted molar refractivity (Wildman–Crippen MR) is 69.5 cm³/mol. The summed E-state index contributed by atoms with van der Waals surface area (Å²) in [5, 5.41) is 0. The van der Waals surface area contributed by atoms with Gasteiger partial charge in [-0.15, -0.1) is 0 Å². The van der Waals surface area contributed by atoms with E-state index < -0.39 is 0 Å². The molecule has 0 aliphatic heterocycles. The van der Waals surface area contributed by atoms with Crippen molar-refractivity contribution in [2.75, 3.05) is 7.11 Å². The molecule has 3 N–H and O–H groups in total. The molecule has 0 amide bonds. The molecule has 3 nitrogen and oxygen atoms in total. The molecule has 94 valence electrons. The Bertz CT molecular complexity index is 372. The van der Waals surface area contributed by atoms with Crippen molar-refractivity contribution in [2.24, 2.45) is 5.84 Å². The van der Waals surface area contributed by atoms with Gasteiger partial charge in [-0.1, -0.05) is 37.1 Å². The lowest BCUT2D eigenvalue weighted by molar-refractivity contribution is -0.0370. The van der Waals surface area contributed by atoms with E-state index in [1.165, 1.54) is 24.0 Å². The smallest absolute Gasteiger partial charge is 0.0885 e. The fourth-order valence-corrected chi connectivity index (χ4v) is 3.02. The Balaban J connectivity index is 2.36. The van der Waals surface area contributed by atoms with Crippen molar-refractivity contribution >= 4 is 0 Å². The van der Waals surface area contributed by atoms with Crippen LogP contribution in [0.2, 0.25) is 0 Å². The maximum Gasteiger partial charge on any atom is 0.0885 e. The lowest BCUT2D eigenvalue weighted by atomic mass is 9.85. The average molecular weight is 234 g/mol. The van der Waals surface area contributed by atoms with Crippen LogP contribution >= 0.6 is 0 Å². The molecule has 3 heteroatoms. The highest BCUT2D eigenvalue weighted by molar-refractivity contribution is 5.31. The first-order valence-electron chi connectivity index (χ1n) is 6.30. The number of nitrogens with one attached hydrogen (secondary N) is 1. The molecule has 0 aromatic heterocycles. The van der Waals surface area contributed by atoms with Gasteiger partial charge in [0.15, 0.2) is 0 Å². The summed E-state index contributed by atoms with van der Waals surface area (Å²) in [5.41, 5.74) is 5.34. The lowest BCUT2D eigenvalue weighted by Gasteiger charge is -2.37. The van der Waals surface area contributed by atoms with Crippen molar-refractivity contribution in [3.8, 4) is 0 Å².